The predicted molar refractivity (Wildman–Crippen MR) is 121 cm³/mol. The van der Waals surface area contributed by atoms with Gasteiger partial charge in [0.1, 0.15) is 5.76 Å². The minimum absolute atomic E-state index is 0.0754. The second-order valence-electron chi connectivity index (χ2n) is 8.84. The zero-order chi connectivity index (χ0) is 22.5. The Morgan fingerprint density at radius 3 is 2.45 bits per heavy atom. The number of nitrogens with one attached hydrogen (secondary N) is 2. The van der Waals surface area contributed by atoms with Crippen molar-refractivity contribution in [3.8, 4) is 0 Å². The molecule has 0 unspecified atom stereocenters. The van der Waals surface area contributed by atoms with E-state index in [0.717, 1.165) is 25.1 Å². The molecule has 1 saturated heterocycles. The minimum Gasteiger partial charge on any atom is -0.443 e. The van der Waals surface area contributed by atoms with Gasteiger partial charge in [0, 0.05) is 32.1 Å². The van der Waals surface area contributed by atoms with Crippen LogP contribution in [0.5, 0.6) is 0 Å². The van der Waals surface area contributed by atoms with Crippen molar-refractivity contribution in [2.45, 2.75) is 50.5 Å². The maximum Gasteiger partial charge on any atom is 0.243 e. The number of oxazole rings is 1. The molecule has 0 atom stereocenters. The highest BCUT2D eigenvalue weighted by Crippen LogP contribution is 2.24. The predicted octanol–water partition coefficient (Wildman–Crippen LogP) is 2.74. The number of sulfonamides is 1. The molecular formula is C22H33N5O3S. The SMILES string of the molecule is CN=C(NCc1ncc(C(C)(C)C)o1)NCC1CCN(S(=O)(=O)c2ccccc2)CC1. The van der Waals surface area contributed by atoms with Gasteiger partial charge >= 0.3 is 0 Å². The number of aliphatic imine (C=N–C) groups is 1. The average Bonchev–Trinajstić information content (AvgIpc) is 3.24. The van der Waals surface area contributed by atoms with Crippen molar-refractivity contribution in [2.24, 2.45) is 10.9 Å². The Hall–Kier alpha value is -2.39. The Labute approximate surface area is 185 Å². The highest BCUT2D eigenvalue weighted by molar-refractivity contribution is 7.89. The van der Waals surface area contributed by atoms with Crippen LogP contribution >= 0.6 is 0 Å². The van der Waals surface area contributed by atoms with Gasteiger partial charge in [-0.2, -0.15) is 4.31 Å². The first-order valence-electron chi connectivity index (χ1n) is 10.6. The van der Waals surface area contributed by atoms with Crippen molar-refractivity contribution in [1.29, 1.82) is 0 Å². The summed E-state index contributed by atoms with van der Waals surface area (Å²) in [6.07, 6.45) is 3.39. The first-order valence-corrected chi connectivity index (χ1v) is 12.1. The van der Waals surface area contributed by atoms with E-state index in [1.165, 1.54) is 0 Å². The largest absolute Gasteiger partial charge is 0.443 e. The monoisotopic (exact) mass is 447 g/mol. The van der Waals surface area contributed by atoms with Gasteiger partial charge < -0.3 is 15.1 Å². The molecule has 9 heteroatoms. The maximum atomic E-state index is 12.8. The second kappa shape index (κ2) is 9.82. The van der Waals surface area contributed by atoms with Crippen LogP contribution in [0.15, 0.2) is 50.8 Å². The van der Waals surface area contributed by atoms with Crippen molar-refractivity contribution in [1.82, 2.24) is 19.9 Å². The lowest BCUT2D eigenvalue weighted by Gasteiger charge is -2.31. The topological polar surface area (TPSA) is 99.8 Å². The van der Waals surface area contributed by atoms with Crippen LogP contribution in [0.2, 0.25) is 0 Å². The molecular weight excluding hydrogens is 414 g/mol. The van der Waals surface area contributed by atoms with Crippen molar-refractivity contribution in [3.05, 3.63) is 48.2 Å². The molecule has 1 fully saturated rings. The lowest BCUT2D eigenvalue weighted by Crippen LogP contribution is -2.44. The maximum absolute atomic E-state index is 12.8. The van der Waals surface area contributed by atoms with E-state index in [1.807, 2.05) is 6.07 Å². The third kappa shape index (κ3) is 6.07. The summed E-state index contributed by atoms with van der Waals surface area (Å²) in [6.45, 7) is 8.50. The van der Waals surface area contributed by atoms with Crippen LogP contribution in [-0.4, -0.2) is 50.3 Å². The molecule has 2 N–H and O–H groups in total. The van der Waals surface area contributed by atoms with Crippen LogP contribution in [-0.2, 0) is 22.0 Å². The van der Waals surface area contributed by atoms with Crippen LogP contribution in [0, 0.1) is 5.92 Å². The van der Waals surface area contributed by atoms with E-state index in [9.17, 15) is 8.42 Å². The van der Waals surface area contributed by atoms with E-state index in [0.29, 0.717) is 42.3 Å². The quantitative estimate of drug-likeness (QED) is 0.522. The summed E-state index contributed by atoms with van der Waals surface area (Å²) in [4.78, 5) is 8.94. The van der Waals surface area contributed by atoms with Gasteiger partial charge in [0.2, 0.25) is 15.9 Å². The van der Waals surface area contributed by atoms with Gasteiger partial charge in [-0.15, -0.1) is 0 Å². The van der Waals surface area contributed by atoms with Gasteiger partial charge in [0.25, 0.3) is 0 Å². The van der Waals surface area contributed by atoms with Crippen LogP contribution in [0.25, 0.3) is 0 Å². The van der Waals surface area contributed by atoms with Gasteiger partial charge in [-0.25, -0.2) is 13.4 Å². The van der Waals surface area contributed by atoms with Crippen LogP contribution in [0.1, 0.15) is 45.3 Å². The molecule has 0 bridgehead atoms. The van der Waals surface area contributed by atoms with Gasteiger partial charge in [0.05, 0.1) is 17.6 Å². The number of piperidine rings is 1. The van der Waals surface area contributed by atoms with Gasteiger partial charge in [-0.1, -0.05) is 39.0 Å². The van der Waals surface area contributed by atoms with Crippen LogP contribution in [0.4, 0.5) is 0 Å². The highest BCUT2D eigenvalue weighted by Gasteiger charge is 2.29. The fourth-order valence-electron chi connectivity index (χ4n) is 3.45. The Morgan fingerprint density at radius 2 is 1.87 bits per heavy atom. The number of aromatic nitrogens is 1. The smallest absolute Gasteiger partial charge is 0.243 e. The number of benzene rings is 1. The summed E-state index contributed by atoms with van der Waals surface area (Å²) in [5, 5.41) is 6.55. The summed E-state index contributed by atoms with van der Waals surface area (Å²) in [5.74, 6) is 2.53. The fraction of sp³-hybridized carbons (Fsp3) is 0.545. The molecule has 2 heterocycles. The number of hydrogen-bond acceptors (Lipinski definition) is 5. The summed E-state index contributed by atoms with van der Waals surface area (Å²) in [7, 11) is -1.69. The Kier molecular flexibility index (Phi) is 7.38. The molecule has 31 heavy (non-hydrogen) atoms. The first-order chi connectivity index (χ1) is 14.7. The summed E-state index contributed by atoms with van der Waals surface area (Å²) in [5.41, 5.74) is -0.0754. The minimum atomic E-state index is -3.41. The van der Waals surface area contributed by atoms with E-state index < -0.39 is 10.0 Å². The van der Waals surface area contributed by atoms with E-state index in [1.54, 1.807) is 41.8 Å². The number of rotatable bonds is 6. The lowest BCUT2D eigenvalue weighted by atomic mass is 9.94. The molecule has 1 aliphatic heterocycles. The summed E-state index contributed by atoms with van der Waals surface area (Å²) >= 11 is 0. The summed E-state index contributed by atoms with van der Waals surface area (Å²) in [6, 6.07) is 8.63. The Morgan fingerprint density at radius 1 is 1.19 bits per heavy atom. The molecule has 170 valence electrons. The molecule has 1 aliphatic rings. The second-order valence-corrected chi connectivity index (χ2v) is 10.8. The molecule has 0 amide bonds. The molecule has 0 saturated carbocycles. The summed E-state index contributed by atoms with van der Waals surface area (Å²) < 4.78 is 32.9. The molecule has 0 radical (unpaired) electrons. The zero-order valence-electron chi connectivity index (χ0n) is 18.8. The van der Waals surface area contributed by atoms with E-state index >= 15 is 0 Å². The van der Waals surface area contributed by atoms with Crippen molar-refractivity contribution >= 4 is 16.0 Å². The normalized spacial score (nSPS) is 17.0. The average molecular weight is 448 g/mol. The zero-order valence-corrected chi connectivity index (χ0v) is 19.6. The lowest BCUT2D eigenvalue weighted by molar-refractivity contribution is 0.273. The first kappa shape index (κ1) is 23.3. The standard InChI is InChI=1S/C22H33N5O3S/c1-22(2,3)19-15-24-20(30-19)16-26-21(23-4)25-14-17-10-12-27(13-11-17)31(28,29)18-8-6-5-7-9-18/h5-9,15,17H,10-14,16H2,1-4H3,(H2,23,25,26). The molecule has 3 rings (SSSR count). The molecule has 0 spiro atoms. The van der Waals surface area contributed by atoms with Crippen molar-refractivity contribution in [2.75, 3.05) is 26.7 Å². The van der Waals surface area contributed by atoms with E-state index in [-0.39, 0.29) is 5.41 Å². The van der Waals surface area contributed by atoms with Gasteiger partial charge in [-0.3, -0.25) is 4.99 Å². The number of nitrogens with zero attached hydrogens (tertiary/aromatic N) is 3. The van der Waals surface area contributed by atoms with Crippen molar-refractivity contribution in [3.63, 3.8) is 0 Å². The van der Waals surface area contributed by atoms with Gasteiger partial charge in [-0.05, 0) is 30.9 Å². The van der Waals surface area contributed by atoms with Crippen LogP contribution < -0.4 is 10.6 Å². The number of hydrogen-bond donors (Lipinski definition) is 2. The molecule has 8 nitrogen and oxygen atoms in total. The van der Waals surface area contributed by atoms with Crippen molar-refractivity contribution < 1.29 is 12.8 Å². The van der Waals surface area contributed by atoms with Gasteiger partial charge in [0.15, 0.2) is 5.96 Å². The molecule has 1 aromatic heterocycles. The third-order valence-corrected chi connectivity index (χ3v) is 7.35. The van der Waals surface area contributed by atoms with E-state index in [2.05, 4.69) is 41.4 Å². The molecule has 2 aromatic rings. The molecule has 1 aromatic carbocycles. The van der Waals surface area contributed by atoms with E-state index in [4.69, 9.17) is 4.42 Å². The third-order valence-electron chi connectivity index (χ3n) is 5.44. The Bertz CT molecular complexity index is 972. The highest BCUT2D eigenvalue weighted by atomic mass is 32.2. The molecule has 0 aliphatic carbocycles. The van der Waals surface area contributed by atoms with Crippen LogP contribution in [0.3, 0.4) is 0 Å². The fourth-order valence-corrected chi connectivity index (χ4v) is 4.95. The number of guanidine groups is 1. The Balaban J connectivity index is 1.44.